The lowest BCUT2D eigenvalue weighted by atomic mass is 10.2. The predicted molar refractivity (Wildman–Crippen MR) is 81.0 cm³/mol. The van der Waals surface area contributed by atoms with E-state index in [1.807, 2.05) is 17.5 Å². The number of hydrogen-bond acceptors (Lipinski definition) is 5. The molecule has 1 fully saturated rings. The number of aromatic amines is 1. The smallest absolute Gasteiger partial charge is 0.272 e. The van der Waals surface area contributed by atoms with E-state index < -0.39 is 0 Å². The van der Waals surface area contributed by atoms with Crippen LogP contribution in [0.2, 0.25) is 0 Å². The van der Waals surface area contributed by atoms with Crippen molar-refractivity contribution in [3.63, 3.8) is 0 Å². The third kappa shape index (κ3) is 3.43. The number of aromatic nitrogens is 2. The second-order valence-electron chi connectivity index (χ2n) is 5.11. The van der Waals surface area contributed by atoms with E-state index in [0.29, 0.717) is 24.6 Å². The molecule has 3 N–H and O–H groups in total. The summed E-state index contributed by atoms with van der Waals surface area (Å²) in [6.07, 6.45) is 2.18. The van der Waals surface area contributed by atoms with Gasteiger partial charge in [-0.1, -0.05) is 6.07 Å². The van der Waals surface area contributed by atoms with Crippen molar-refractivity contribution < 1.29 is 9.53 Å². The zero-order valence-corrected chi connectivity index (χ0v) is 12.4. The Morgan fingerprint density at radius 1 is 1.62 bits per heavy atom. The maximum atomic E-state index is 12.6. The van der Waals surface area contributed by atoms with Crippen LogP contribution in [0.4, 0.5) is 5.82 Å². The monoisotopic (exact) mass is 306 g/mol. The minimum absolute atomic E-state index is 0.0944. The van der Waals surface area contributed by atoms with Crippen LogP contribution in [0.1, 0.15) is 28.2 Å². The normalized spacial score (nSPS) is 18.0. The fourth-order valence-corrected chi connectivity index (χ4v) is 3.18. The lowest BCUT2D eigenvalue weighted by molar-refractivity contribution is 0.0505. The van der Waals surface area contributed by atoms with Gasteiger partial charge in [0.15, 0.2) is 0 Å². The molecular formula is C14H18N4O2S. The first-order valence-electron chi connectivity index (χ1n) is 6.96. The molecule has 0 aliphatic carbocycles. The summed E-state index contributed by atoms with van der Waals surface area (Å²) >= 11 is 1.64. The van der Waals surface area contributed by atoms with Gasteiger partial charge in [-0.2, -0.15) is 5.10 Å². The van der Waals surface area contributed by atoms with Crippen LogP contribution in [0.5, 0.6) is 0 Å². The van der Waals surface area contributed by atoms with Gasteiger partial charge in [0.2, 0.25) is 0 Å². The zero-order chi connectivity index (χ0) is 14.7. The van der Waals surface area contributed by atoms with E-state index >= 15 is 0 Å². The average molecular weight is 306 g/mol. The third-order valence-corrected chi connectivity index (χ3v) is 4.35. The molecule has 3 heterocycles. The van der Waals surface area contributed by atoms with Crippen LogP contribution in [0.15, 0.2) is 23.6 Å². The fourth-order valence-electron chi connectivity index (χ4n) is 2.46. The first-order valence-corrected chi connectivity index (χ1v) is 7.84. The molecule has 6 nitrogen and oxygen atoms in total. The Hall–Kier alpha value is -1.86. The van der Waals surface area contributed by atoms with Crippen molar-refractivity contribution in [1.29, 1.82) is 0 Å². The Morgan fingerprint density at radius 3 is 3.14 bits per heavy atom. The largest absolute Gasteiger partial charge is 0.382 e. The van der Waals surface area contributed by atoms with Gasteiger partial charge in [-0.3, -0.25) is 9.89 Å². The molecule has 2 aromatic heterocycles. The summed E-state index contributed by atoms with van der Waals surface area (Å²) in [4.78, 5) is 15.6. The summed E-state index contributed by atoms with van der Waals surface area (Å²) < 4.78 is 5.65. The second-order valence-corrected chi connectivity index (χ2v) is 6.14. The number of ether oxygens (including phenoxy) is 1. The number of anilines is 1. The molecular weight excluding hydrogens is 288 g/mol. The maximum absolute atomic E-state index is 12.6. The van der Waals surface area contributed by atoms with Crippen LogP contribution in [0.25, 0.3) is 0 Å². The third-order valence-electron chi connectivity index (χ3n) is 3.49. The number of hydrogen-bond donors (Lipinski definition) is 2. The maximum Gasteiger partial charge on any atom is 0.272 e. The summed E-state index contributed by atoms with van der Waals surface area (Å²) in [6, 6.07) is 5.59. The van der Waals surface area contributed by atoms with Crippen molar-refractivity contribution >= 4 is 23.1 Å². The predicted octanol–water partition coefficient (Wildman–Crippen LogP) is 1.87. The van der Waals surface area contributed by atoms with Crippen molar-refractivity contribution in [2.45, 2.75) is 25.5 Å². The topological polar surface area (TPSA) is 84.2 Å². The van der Waals surface area contributed by atoms with E-state index in [0.717, 1.165) is 24.3 Å². The highest BCUT2D eigenvalue weighted by molar-refractivity contribution is 7.09. The quantitative estimate of drug-likeness (QED) is 0.883. The molecule has 1 amide bonds. The number of H-pyrrole nitrogens is 1. The summed E-state index contributed by atoms with van der Waals surface area (Å²) in [5.74, 6) is 0.231. The van der Waals surface area contributed by atoms with Crippen molar-refractivity contribution in [3.8, 4) is 0 Å². The molecule has 1 aliphatic rings. The number of rotatable bonds is 5. The molecule has 7 heteroatoms. The lowest BCUT2D eigenvalue weighted by Crippen LogP contribution is -2.37. The molecule has 0 aromatic carbocycles. The Morgan fingerprint density at radius 2 is 2.52 bits per heavy atom. The standard InChI is InChI=1S/C14H18N4O2S/c15-13-7-12(16-17-13)14(19)18(8-10-3-1-5-20-10)9-11-4-2-6-21-11/h2,4,6-7,10H,1,3,5,8-9H2,(H3,15,16,17). The van der Waals surface area contributed by atoms with Gasteiger partial charge in [-0.25, -0.2) is 0 Å². The van der Waals surface area contributed by atoms with Gasteiger partial charge >= 0.3 is 0 Å². The van der Waals surface area contributed by atoms with E-state index in [4.69, 9.17) is 10.5 Å². The molecule has 112 valence electrons. The number of carbonyl (C=O) groups excluding carboxylic acids is 1. The van der Waals surface area contributed by atoms with Gasteiger partial charge in [0.1, 0.15) is 11.5 Å². The van der Waals surface area contributed by atoms with Gasteiger partial charge in [0.25, 0.3) is 5.91 Å². The average Bonchev–Trinajstić information content (AvgIpc) is 3.19. The molecule has 0 spiro atoms. The van der Waals surface area contributed by atoms with Gasteiger partial charge in [0, 0.05) is 24.1 Å². The van der Waals surface area contributed by atoms with Crippen LogP contribution in [0, 0.1) is 0 Å². The van der Waals surface area contributed by atoms with Crippen molar-refractivity contribution in [3.05, 3.63) is 34.2 Å². The fraction of sp³-hybridized carbons (Fsp3) is 0.429. The van der Waals surface area contributed by atoms with Crippen LogP contribution in [-0.4, -0.2) is 40.3 Å². The summed E-state index contributed by atoms with van der Waals surface area (Å²) in [5, 5.41) is 8.52. The SMILES string of the molecule is Nc1cc(C(=O)N(Cc2cccs2)CC2CCCO2)[nH]n1. The molecule has 0 radical (unpaired) electrons. The first-order chi connectivity index (χ1) is 10.2. The lowest BCUT2D eigenvalue weighted by Gasteiger charge is -2.24. The first kappa shape index (κ1) is 14.1. The number of nitrogen functional groups attached to an aromatic ring is 1. The van der Waals surface area contributed by atoms with Crippen LogP contribution < -0.4 is 5.73 Å². The highest BCUT2D eigenvalue weighted by atomic mass is 32.1. The van der Waals surface area contributed by atoms with E-state index in [2.05, 4.69) is 10.2 Å². The molecule has 0 bridgehead atoms. The summed E-state index contributed by atoms with van der Waals surface area (Å²) in [6.45, 7) is 1.95. The number of nitrogens with zero attached hydrogens (tertiary/aromatic N) is 2. The van der Waals surface area contributed by atoms with Crippen LogP contribution >= 0.6 is 11.3 Å². The molecule has 1 saturated heterocycles. The van der Waals surface area contributed by atoms with E-state index in [9.17, 15) is 4.79 Å². The Kier molecular flexibility index (Phi) is 4.21. The number of nitrogens with one attached hydrogen (secondary N) is 1. The van der Waals surface area contributed by atoms with E-state index in [-0.39, 0.29) is 12.0 Å². The molecule has 21 heavy (non-hydrogen) atoms. The summed E-state index contributed by atoms with van der Waals surface area (Å²) in [5.41, 5.74) is 6.00. The molecule has 3 rings (SSSR count). The molecule has 1 atom stereocenters. The van der Waals surface area contributed by atoms with Crippen molar-refractivity contribution in [2.24, 2.45) is 0 Å². The van der Waals surface area contributed by atoms with E-state index in [1.165, 1.54) is 0 Å². The Labute approximate surface area is 126 Å². The number of carbonyl (C=O) groups is 1. The zero-order valence-electron chi connectivity index (χ0n) is 11.6. The molecule has 0 saturated carbocycles. The highest BCUT2D eigenvalue weighted by Crippen LogP contribution is 2.19. The van der Waals surface area contributed by atoms with Gasteiger partial charge in [-0.15, -0.1) is 11.3 Å². The van der Waals surface area contributed by atoms with Crippen LogP contribution in [0.3, 0.4) is 0 Å². The minimum atomic E-state index is -0.0944. The van der Waals surface area contributed by atoms with Gasteiger partial charge in [-0.05, 0) is 24.3 Å². The Bertz CT molecular complexity index is 590. The second kappa shape index (κ2) is 6.28. The number of thiophene rings is 1. The van der Waals surface area contributed by atoms with Crippen molar-refractivity contribution in [1.82, 2.24) is 15.1 Å². The highest BCUT2D eigenvalue weighted by Gasteiger charge is 2.24. The Balaban J connectivity index is 1.75. The number of amides is 1. The molecule has 1 aliphatic heterocycles. The molecule has 1 unspecified atom stereocenters. The number of nitrogens with two attached hydrogens (primary N) is 1. The van der Waals surface area contributed by atoms with Gasteiger partial charge in [0.05, 0.1) is 12.6 Å². The van der Waals surface area contributed by atoms with Crippen molar-refractivity contribution in [2.75, 3.05) is 18.9 Å². The minimum Gasteiger partial charge on any atom is -0.382 e. The van der Waals surface area contributed by atoms with E-state index in [1.54, 1.807) is 22.3 Å². The van der Waals surface area contributed by atoms with Crippen LogP contribution in [-0.2, 0) is 11.3 Å². The summed E-state index contributed by atoms with van der Waals surface area (Å²) in [7, 11) is 0. The molecule has 2 aromatic rings. The van der Waals surface area contributed by atoms with Gasteiger partial charge < -0.3 is 15.4 Å².